The number of alkyl halides is 10. The second-order valence-electron chi connectivity index (χ2n) is 4.15. The zero-order valence-electron chi connectivity index (χ0n) is 9.92. The van der Waals surface area contributed by atoms with Gasteiger partial charge in [-0.05, 0) is 0 Å². The molecular formula is C9H8F8I2O2. The highest BCUT2D eigenvalue weighted by molar-refractivity contribution is 14.1. The molecule has 0 aromatic heterocycles. The van der Waals surface area contributed by atoms with Crippen LogP contribution in [0.25, 0.3) is 0 Å². The molecule has 0 bridgehead atoms. The topological polar surface area (TPSA) is 18.5 Å². The summed E-state index contributed by atoms with van der Waals surface area (Å²) in [5.74, 6) is -13.0. The first-order valence-corrected chi connectivity index (χ1v) is 8.37. The van der Waals surface area contributed by atoms with Crippen LogP contribution in [0.4, 0.5) is 35.1 Å². The van der Waals surface area contributed by atoms with E-state index in [9.17, 15) is 35.1 Å². The van der Waals surface area contributed by atoms with Crippen molar-refractivity contribution in [2.24, 2.45) is 0 Å². The van der Waals surface area contributed by atoms with Gasteiger partial charge in [-0.25, -0.2) is 8.78 Å². The van der Waals surface area contributed by atoms with Crippen LogP contribution in [0.3, 0.4) is 0 Å². The summed E-state index contributed by atoms with van der Waals surface area (Å²) in [5.41, 5.74) is 0. The van der Waals surface area contributed by atoms with Crippen molar-refractivity contribution in [1.29, 1.82) is 0 Å². The van der Waals surface area contributed by atoms with Crippen LogP contribution in [-0.2, 0) is 9.47 Å². The summed E-state index contributed by atoms with van der Waals surface area (Å²) < 4.78 is 112. The van der Waals surface area contributed by atoms with Crippen LogP contribution in [-0.4, -0.2) is 38.7 Å². The van der Waals surface area contributed by atoms with E-state index in [1.807, 2.05) is 0 Å². The molecule has 1 fully saturated rings. The minimum absolute atomic E-state index is 0.268. The Morgan fingerprint density at radius 1 is 0.714 bits per heavy atom. The average Bonchev–Trinajstić information content (AvgIpc) is 2.48. The highest BCUT2D eigenvalue weighted by atomic mass is 127. The Hall–Kier alpha value is 0.820. The normalized spacial score (nSPS) is 33.4. The van der Waals surface area contributed by atoms with Gasteiger partial charge in [-0.15, -0.1) is 0 Å². The first kappa shape index (κ1) is 19.9. The predicted octanol–water partition coefficient (Wildman–Crippen LogP) is 4.84. The summed E-state index contributed by atoms with van der Waals surface area (Å²) >= 11 is 2.96. The van der Waals surface area contributed by atoms with Crippen LogP contribution in [0.5, 0.6) is 0 Å². The zero-order valence-corrected chi connectivity index (χ0v) is 14.2. The second-order valence-corrected chi connectivity index (χ2v) is 6.31. The van der Waals surface area contributed by atoms with Gasteiger partial charge in [0.1, 0.15) is 0 Å². The Bertz CT molecular complexity index is 351. The third-order valence-electron chi connectivity index (χ3n) is 2.75. The van der Waals surface area contributed by atoms with E-state index < -0.39 is 42.7 Å². The summed E-state index contributed by atoms with van der Waals surface area (Å²) in [5, 5.41) is 0. The maximum atomic E-state index is 14.4. The van der Waals surface area contributed by atoms with Gasteiger partial charge in [0.15, 0.2) is 0 Å². The van der Waals surface area contributed by atoms with Crippen molar-refractivity contribution in [2.75, 3.05) is 8.86 Å². The maximum absolute atomic E-state index is 14.4. The van der Waals surface area contributed by atoms with Crippen LogP contribution in [0.2, 0.25) is 0 Å². The molecule has 1 aliphatic heterocycles. The van der Waals surface area contributed by atoms with Crippen LogP contribution in [0.1, 0.15) is 12.8 Å². The molecule has 2 unspecified atom stereocenters. The van der Waals surface area contributed by atoms with E-state index in [4.69, 9.17) is 0 Å². The van der Waals surface area contributed by atoms with E-state index in [1.54, 1.807) is 0 Å². The summed E-state index contributed by atoms with van der Waals surface area (Å²) in [6.45, 7) is 0. The number of rotatable bonds is 4. The van der Waals surface area contributed by atoms with E-state index in [0.29, 0.717) is 0 Å². The molecule has 1 aliphatic rings. The van der Waals surface area contributed by atoms with Gasteiger partial charge in [-0.2, -0.15) is 26.3 Å². The monoisotopic (exact) mass is 554 g/mol. The van der Waals surface area contributed by atoms with Crippen LogP contribution >= 0.6 is 45.2 Å². The van der Waals surface area contributed by atoms with Gasteiger partial charge < -0.3 is 0 Å². The molecule has 0 aromatic carbocycles. The highest BCUT2D eigenvalue weighted by Crippen LogP contribution is 2.60. The smallest absolute Gasteiger partial charge is 0.293 e. The molecule has 2 nitrogen and oxygen atoms in total. The van der Waals surface area contributed by atoms with Gasteiger partial charge in [0, 0.05) is 21.7 Å². The SMILES string of the molecule is FC(F)(F)C1(C(F)(F)F)OC(F)(CCI)C(F)(CCI)O1. The van der Waals surface area contributed by atoms with Crippen molar-refractivity contribution in [2.45, 2.75) is 42.7 Å². The lowest BCUT2D eigenvalue weighted by Crippen LogP contribution is -2.59. The molecule has 0 radical (unpaired) electrons. The summed E-state index contributed by atoms with van der Waals surface area (Å²) in [4.78, 5) is 0. The lowest BCUT2D eigenvalue weighted by Gasteiger charge is -2.31. The third kappa shape index (κ3) is 3.22. The molecule has 2 atom stereocenters. The Morgan fingerprint density at radius 2 is 1.00 bits per heavy atom. The molecule has 1 heterocycles. The first-order valence-electron chi connectivity index (χ1n) is 5.32. The molecule has 0 N–H and O–H groups in total. The van der Waals surface area contributed by atoms with Crippen LogP contribution < -0.4 is 0 Å². The fraction of sp³-hybridized carbons (Fsp3) is 1.00. The van der Waals surface area contributed by atoms with Crippen molar-refractivity contribution in [1.82, 2.24) is 0 Å². The van der Waals surface area contributed by atoms with Gasteiger partial charge in [0.25, 0.3) is 11.7 Å². The molecule has 0 aliphatic carbocycles. The fourth-order valence-electron chi connectivity index (χ4n) is 1.74. The molecule has 1 rings (SSSR count). The third-order valence-corrected chi connectivity index (χ3v) is 3.83. The van der Waals surface area contributed by atoms with Crippen molar-refractivity contribution in [3.05, 3.63) is 0 Å². The molecular weight excluding hydrogens is 546 g/mol. The lowest BCUT2D eigenvalue weighted by molar-refractivity contribution is -0.459. The minimum Gasteiger partial charge on any atom is -0.293 e. The van der Waals surface area contributed by atoms with E-state index in [2.05, 4.69) is 9.47 Å². The van der Waals surface area contributed by atoms with Crippen molar-refractivity contribution < 1.29 is 44.6 Å². The predicted molar refractivity (Wildman–Crippen MR) is 71.7 cm³/mol. The quantitative estimate of drug-likeness (QED) is 0.282. The molecule has 0 saturated carbocycles. The maximum Gasteiger partial charge on any atom is 0.453 e. The van der Waals surface area contributed by atoms with Crippen molar-refractivity contribution in [3.8, 4) is 0 Å². The largest absolute Gasteiger partial charge is 0.453 e. The average molecular weight is 554 g/mol. The first-order chi connectivity index (χ1) is 9.29. The molecule has 0 spiro atoms. The zero-order chi connectivity index (χ0) is 16.7. The van der Waals surface area contributed by atoms with E-state index in [1.165, 1.54) is 45.2 Å². The standard InChI is InChI=1S/C9H8F8I2O2/c10-5(1-3-18)6(11,2-4-19)21-7(20-5,8(12,13)14)9(15,16)17/h1-4H2. The number of halogens is 10. The van der Waals surface area contributed by atoms with Crippen molar-refractivity contribution in [3.63, 3.8) is 0 Å². The van der Waals surface area contributed by atoms with E-state index >= 15 is 0 Å². The van der Waals surface area contributed by atoms with Crippen LogP contribution in [0, 0.1) is 0 Å². The molecule has 12 heteroatoms. The molecule has 0 aromatic rings. The Morgan fingerprint density at radius 3 is 1.19 bits per heavy atom. The summed E-state index contributed by atoms with van der Waals surface area (Å²) in [7, 11) is 0. The van der Waals surface area contributed by atoms with E-state index in [0.717, 1.165) is 0 Å². The van der Waals surface area contributed by atoms with Crippen LogP contribution in [0.15, 0.2) is 0 Å². The fourth-order valence-corrected chi connectivity index (χ4v) is 3.13. The number of hydrogen-bond acceptors (Lipinski definition) is 2. The number of ether oxygens (including phenoxy) is 2. The lowest BCUT2D eigenvalue weighted by atomic mass is 10.0. The van der Waals surface area contributed by atoms with Gasteiger partial charge in [-0.3, -0.25) is 9.47 Å². The highest BCUT2D eigenvalue weighted by Gasteiger charge is 2.85. The van der Waals surface area contributed by atoms with Gasteiger partial charge in [0.2, 0.25) is 0 Å². The van der Waals surface area contributed by atoms with Crippen molar-refractivity contribution >= 4 is 45.2 Å². The molecule has 1 saturated heterocycles. The summed E-state index contributed by atoms with van der Waals surface area (Å²) in [6, 6.07) is 0. The Balaban J connectivity index is 3.41. The second kappa shape index (κ2) is 6.03. The Labute approximate surface area is 141 Å². The number of hydrogen-bond donors (Lipinski definition) is 0. The minimum atomic E-state index is -6.19. The van der Waals surface area contributed by atoms with E-state index in [-0.39, 0.29) is 8.86 Å². The van der Waals surface area contributed by atoms with Gasteiger partial charge in [-0.1, -0.05) is 45.2 Å². The summed E-state index contributed by atoms with van der Waals surface area (Å²) in [6.07, 6.45) is -14.4. The Kier molecular flexibility index (Phi) is 5.71. The molecule has 0 amide bonds. The van der Waals surface area contributed by atoms with Gasteiger partial charge in [0.05, 0.1) is 0 Å². The molecule has 126 valence electrons. The molecule has 21 heavy (non-hydrogen) atoms. The van der Waals surface area contributed by atoms with Gasteiger partial charge >= 0.3 is 18.1 Å².